The highest BCUT2D eigenvalue weighted by molar-refractivity contribution is 9.11. The predicted molar refractivity (Wildman–Crippen MR) is 108 cm³/mol. The molecule has 136 valence electrons. The number of amides is 1. The molecule has 2 aromatic carbocycles. The number of hydrazone groups is 1. The summed E-state index contributed by atoms with van der Waals surface area (Å²) in [5.74, 6) is 0.351. The third-order valence-corrected chi connectivity index (χ3v) is 5.22. The molecule has 0 aliphatic carbocycles. The maximum absolute atomic E-state index is 12.7. The zero-order valence-corrected chi connectivity index (χ0v) is 17.7. The first kappa shape index (κ1) is 19.2. The average Bonchev–Trinajstić information content (AvgIpc) is 2.99. The van der Waals surface area contributed by atoms with Crippen molar-refractivity contribution in [1.82, 2.24) is 5.01 Å². The molecule has 1 unspecified atom stereocenters. The molecule has 0 spiro atoms. The lowest BCUT2D eigenvalue weighted by atomic mass is 10.0. The third-order valence-electron chi connectivity index (χ3n) is 3.91. The highest BCUT2D eigenvalue weighted by Gasteiger charge is 2.33. The van der Waals surface area contributed by atoms with Crippen LogP contribution in [0.4, 0.5) is 0 Å². The Morgan fingerprint density at radius 3 is 2.73 bits per heavy atom. The average molecular weight is 503 g/mol. The summed E-state index contributed by atoms with van der Waals surface area (Å²) in [5.41, 5.74) is 1.43. The molecule has 0 aromatic heterocycles. The van der Waals surface area contributed by atoms with Crippen LogP contribution in [0.15, 0.2) is 50.4 Å². The van der Waals surface area contributed by atoms with Gasteiger partial charge in [-0.25, -0.2) is 5.01 Å². The first-order valence-electron chi connectivity index (χ1n) is 7.77. The van der Waals surface area contributed by atoms with Gasteiger partial charge in [0.1, 0.15) is 11.5 Å². The summed E-state index contributed by atoms with van der Waals surface area (Å²) in [6.07, 6.45) is 0.545. The fraction of sp³-hybridized carbons (Fsp3) is 0.222. The molecule has 1 N–H and O–H groups in total. The molecule has 1 heterocycles. The van der Waals surface area contributed by atoms with Crippen molar-refractivity contribution in [1.29, 1.82) is 0 Å². The molecule has 0 bridgehead atoms. The summed E-state index contributed by atoms with van der Waals surface area (Å²) in [5, 5.41) is 16.7. The van der Waals surface area contributed by atoms with Crippen LogP contribution in [0.1, 0.15) is 24.9 Å². The topological polar surface area (TPSA) is 62.1 Å². The molecular formula is C18H15Br2ClN2O3. The number of hydrogen-bond donors (Lipinski definition) is 1. The number of phenols is 1. The second-order valence-electron chi connectivity index (χ2n) is 5.86. The Hall–Kier alpha value is -1.57. The van der Waals surface area contributed by atoms with Gasteiger partial charge in [0, 0.05) is 27.2 Å². The highest BCUT2D eigenvalue weighted by Crippen LogP contribution is 2.41. The number of aromatic hydroxyl groups is 1. The Kier molecular flexibility index (Phi) is 5.89. The number of hydrogen-bond acceptors (Lipinski definition) is 4. The van der Waals surface area contributed by atoms with Gasteiger partial charge >= 0.3 is 0 Å². The quantitative estimate of drug-likeness (QED) is 0.617. The van der Waals surface area contributed by atoms with Crippen LogP contribution in [0, 0.1) is 0 Å². The molecule has 1 aliphatic heterocycles. The van der Waals surface area contributed by atoms with Gasteiger partial charge in [0.15, 0.2) is 6.61 Å². The largest absolute Gasteiger partial charge is 0.506 e. The minimum Gasteiger partial charge on any atom is -0.506 e. The van der Waals surface area contributed by atoms with E-state index in [1.54, 1.807) is 36.4 Å². The lowest BCUT2D eigenvalue weighted by molar-refractivity contribution is -0.135. The maximum atomic E-state index is 12.7. The Labute approximate surface area is 172 Å². The molecule has 0 radical (unpaired) electrons. The first-order chi connectivity index (χ1) is 12.3. The van der Waals surface area contributed by atoms with Crippen molar-refractivity contribution in [3.63, 3.8) is 0 Å². The molecule has 1 aliphatic rings. The van der Waals surface area contributed by atoms with Crippen LogP contribution in [0.5, 0.6) is 11.5 Å². The zero-order chi connectivity index (χ0) is 18.8. The van der Waals surface area contributed by atoms with E-state index in [0.29, 0.717) is 27.2 Å². The molecule has 1 amide bonds. The van der Waals surface area contributed by atoms with Gasteiger partial charge < -0.3 is 9.84 Å². The monoisotopic (exact) mass is 500 g/mol. The van der Waals surface area contributed by atoms with Crippen molar-refractivity contribution in [2.45, 2.75) is 19.4 Å². The van der Waals surface area contributed by atoms with Crippen molar-refractivity contribution in [3.8, 4) is 11.5 Å². The lowest BCUT2D eigenvalue weighted by Crippen LogP contribution is -2.31. The molecule has 1 atom stereocenters. The van der Waals surface area contributed by atoms with E-state index in [-0.39, 0.29) is 24.3 Å². The van der Waals surface area contributed by atoms with E-state index in [1.165, 1.54) is 5.01 Å². The van der Waals surface area contributed by atoms with Crippen LogP contribution in [-0.2, 0) is 4.79 Å². The number of phenolic OH excluding ortho intramolecular Hbond substituents is 1. The smallest absolute Gasteiger partial charge is 0.281 e. The fourth-order valence-electron chi connectivity index (χ4n) is 2.71. The van der Waals surface area contributed by atoms with E-state index < -0.39 is 0 Å². The molecule has 26 heavy (non-hydrogen) atoms. The number of halogens is 3. The van der Waals surface area contributed by atoms with E-state index in [4.69, 9.17) is 16.3 Å². The Bertz CT molecular complexity index is 871. The van der Waals surface area contributed by atoms with Gasteiger partial charge in [0.2, 0.25) is 0 Å². The van der Waals surface area contributed by atoms with Crippen molar-refractivity contribution in [3.05, 3.63) is 55.9 Å². The van der Waals surface area contributed by atoms with Gasteiger partial charge in [-0.15, -0.1) is 0 Å². The Balaban J connectivity index is 1.78. The second-order valence-corrected chi connectivity index (χ2v) is 8.07. The van der Waals surface area contributed by atoms with Crippen LogP contribution in [0.2, 0.25) is 5.02 Å². The van der Waals surface area contributed by atoms with Crippen LogP contribution >= 0.6 is 43.5 Å². The zero-order valence-electron chi connectivity index (χ0n) is 13.7. The third kappa shape index (κ3) is 4.22. The van der Waals surface area contributed by atoms with Gasteiger partial charge in [-0.1, -0.05) is 27.5 Å². The lowest BCUT2D eigenvalue weighted by Gasteiger charge is -2.23. The van der Waals surface area contributed by atoms with E-state index in [9.17, 15) is 9.90 Å². The van der Waals surface area contributed by atoms with Gasteiger partial charge in [-0.05, 0) is 59.3 Å². The van der Waals surface area contributed by atoms with Crippen LogP contribution in [0.3, 0.4) is 0 Å². The highest BCUT2D eigenvalue weighted by atomic mass is 79.9. The van der Waals surface area contributed by atoms with E-state index >= 15 is 0 Å². The number of nitrogens with zero attached hydrogens (tertiary/aromatic N) is 2. The number of ether oxygens (including phenoxy) is 1. The van der Waals surface area contributed by atoms with Crippen LogP contribution in [-0.4, -0.2) is 28.3 Å². The molecular weight excluding hydrogens is 487 g/mol. The Morgan fingerprint density at radius 2 is 2.04 bits per heavy atom. The van der Waals surface area contributed by atoms with Crippen molar-refractivity contribution in [2.75, 3.05) is 6.61 Å². The fourth-order valence-corrected chi connectivity index (χ4v) is 4.10. The molecule has 5 nitrogen and oxygen atoms in total. The van der Waals surface area contributed by atoms with Gasteiger partial charge in [0.25, 0.3) is 5.91 Å². The summed E-state index contributed by atoms with van der Waals surface area (Å²) in [6.45, 7) is 1.69. The Morgan fingerprint density at radius 1 is 1.35 bits per heavy atom. The standard InChI is InChI=1S/C18H15Br2ClN2O3/c1-10-6-16(14-7-11(19)8-15(20)18(14)25)23(22-10)17(24)9-26-13-4-2-12(21)3-5-13/h2-5,7-8,16,25H,6,9H2,1H3. The van der Waals surface area contributed by atoms with Gasteiger partial charge in [0.05, 0.1) is 10.5 Å². The number of benzene rings is 2. The minimum absolute atomic E-state index is 0.0968. The number of rotatable bonds is 4. The van der Waals surface area contributed by atoms with Gasteiger partial charge in [-0.2, -0.15) is 5.10 Å². The molecule has 8 heteroatoms. The van der Waals surface area contributed by atoms with E-state index in [0.717, 1.165) is 10.2 Å². The molecule has 2 aromatic rings. The van der Waals surface area contributed by atoms with Crippen molar-refractivity contribution in [2.24, 2.45) is 5.10 Å². The number of carbonyl (C=O) groups is 1. The van der Waals surface area contributed by atoms with Crippen molar-refractivity contribution >= 4 is 55.1 Å². The van der Waals surface area contributed by atoms with Crippen LogP contribution < -0.4 is 4.74 Å². The first-order valence-corrected chi connectivity index (χ1v) is 9.74. The molecule has 0 saturated carbocycles. The van der Waals surface area contributed by atoms with Crippen LogP contribution in [0.25, 0.3) is 0 Å². The van der Waals surface area contributed by atoms with E-state index in [2.05, 4.69) is 37.0 Å². The summed E-state index contributed by atoms with van der Waals surface area (Å²) in [6, 6.07) is 9.94. The summed E-state index contributed by atoms with van der Waals surface area (Å²) in [7, 11) is 0. The number of carbonyl (C=O) groups excluding carboxylic acids is 1. The maximum Gasteiger partial charge on any atom is 0.281 e. The van der Waals surface area contributed by atoms with E-state index in [1.807, 2.05) is 6.92 Å². The normalized spacial score (nSPS) is 16.5. The SMILES string of the molecule is CC1=NN(C(=O)COc2ccc(Cl)cc2)C(c2cc(Br)cc(Br)c2O)C1. The minimum atomic E-state index is -0.384. The second kappa shape index (κ2) is 7.98. The molecule has 0 saturated heterocycles. The van der Waals surface area contributed by atoms with Gasteiger partial charge in [-0.3, -0.25) is 4.79 Å². The predicted octanol–water partition coefficient (Wildman–Crippen LogP) is 5.30. The van der Waals surface area contributed by atoms with Crippen molar-refractivity contribution < 1.29 is 14.6 Å². The summed E-state index contributed by atoms with van der Waals surface area (Å²) < 4.78 is 6.88. The summed E-state index contributed by atoms with van der Waals surface area (Å²) in [4.78, 5) is 12.7. The molecule has 3 rings (SSSR count). The molecule has 0 fully saturated rings. The summed E-state index contributed by atoms with van der Waals surface area (Å²) >= 11 is 12.6.